The van der Waals surface area contributed by atoms with Gasteiger partial charge in [0.1, 0.15) is 17.1 Å². The van der Waals surface area contributed by atoms with Gasteiger partial charge < -0.3 is 14.1 Å². The lowest BCUT2D eigenvalue weighted by atomic mass is 9.96. The van der Waals surface area contributed by atoms with Crippen molar-refractivity contribution in [1.82, 2.24) is 25.1 Å². The minimum Gasteiger partial charge on any atom is -0.439 e. The molecule has 0 radical (unpaired) electrons. The summed E-state index contributed by atoms with van der Waals surface area (Å²) in [5, 5.41) is 7.04. The second-order valence-corrected chi connectivity index (χ2v) is 8.81. The highest BCUT2D eigenvalue weighted by molar-refractivity contribution is 6.02. The van der Waals surface area contributed by atoms with Crippen molar-refractivity contribution in [2.75, 3.05) is 6.54 Å². The summed E-state index contributed by atoms with van der Waals surface area (Å²) in [4.78, 5) is 33.1. The number of carbonyl (C=O) groups excluding carboxylic acids is 1. The number of carbonyl (C=O) groups is 1. The van der Waals surface area contributed by atoms with Gasteiger partial charge in [-0.05, 0) is 35.9 Å². The summed E-state index contributed by atoms with van der Waals surface area (Å²) in [7, 11) is 0. The summed E-state index contributed by atoms with van der Waals surface area (Å²) >= 11 is 0. The number of alkyl halides is 2. The second kappa shape index (κ2) is 8.40. The van der Waals surface area contributed by atoms with Crippen LogP contribution in [0.4, 0.5) is 8.78 Å². The molecule has 1 aliphatic rings. The van der Waals surface area contributed by atoms with Crippen LogP contribution in [0.15, 0.2) is 76.1 Å². The highest BCUT2D eigenvalue weighted by Gasteiger charge is 2.45. The van der Waals surface area contributed by atoms with Crippen LogP contribution in [0.2, 0.25) is 0 Å². The zero-order chi connectivity index (χ0) is 25.7. The number of H-pyrrole nitrogens is 2. The number of fused-ring (bicyclic) bond motifs is 2. The van der Waals surface area contributed by atoms with Crippen molar-refractivity contribution >= 4 is 17.0 Å². The zero-order valence-electron chi connectivity index (χ0n) is 19.4. The van der Waals surface area contributed by atoms with E-state index >= 15 is 0 Å². The lowest BCUT2D eigenvalue weighted by molar-refractivity contribution is -0.0148. The van der Waals surface area contributed by atoms with Crippen LogP contribution in [0.5, 0.6) is 11.6 Å². The quantitative estimate of drug-likeness (QED) is 0.341. The van der Waals surface area contributed by atoms with Gasteiger partial charge in [-0.3, -0.25) is 14.9 Å². The Morgan fingerprint density at radius 1 is 1.11 bits per heavy atom. The molecule has 1 unspecified atom stereocenters. The fraction of sp³-hybridized carbons (Fsp3) is 0.154. The predicted octanol–water partition coefficient (Wildman–Crippen LogP) is 4.90. The molecule has 6 rings (SSSR count). The fourth-order valence-corrected chi connectivity index (χ4v) is 4.63. The van der Waals surface area contributed by atoms with E-state index in [1.54, 1.807) is 42.5 Å². The molecule has 11 heteroatoms. The first-order chi connectivity index (χ1) is 17.8. The maximum Gasteiger partial charge on any atom is 0.417 e. The van der Waals surface area contributed by atoms with E-state index in [2.05, 4.69) is 20.2 Å². The summed E-state index contributed by atoms with van der Waals surface area (Å²) in [5.74, 6) is -3.65. The van der Waals surface area contributed by atoms with Crippen LogP contribution in [0.25, 0.3) is 22.4 Å². The SMILES string of the molecule is CC(F)(F)CN1C(=O)c2[nH]nc(-c3cccc4[nH]c(=O)oc34)c2C1c1ccnc(Oc2ccccc2)c1. The predicted molar refractivity (Wildman–Crippen MR) is 129 cm³/mol. The lowest BCUT2D eigenvalue weighted by Crippen LogP contribution is -2.38. The number of nitrogens with one attached hydrogen (secondary N) is 2. The first kappa shape index (κ1) is 22.7. The highest BCUT2D eigenvalue weighted by Crippen LogP contribution is 2.45. The van der Waals surface area contributed by atoms with E-state index in [1.807, 2.05) is 18.2 Å². The van der Waals surface area contributed by atoms with Crippen LogP contribution < -0.4 is 10.5 Å². The van der Waals surface area contributed by atoms with Gasteiger partial charge in [-0.25, -0.2) is 18.6 Å². The molecular formula is C26H19F2N5O4. The maximum absolute atomic E-state index is 14.3. The molecule has 4 heterocycles. The van der Waals surface area contributed by atoms with Crippen molar-refractivity contribution in [3.8, 4) is 22.9 Å². The zero-order valence-corrected chi connectivity index (χ0v) is 19.4. The van der Waals surface area contributed by atoms with Gasteiger partial charge in [-0.15, -0.1) is 0 Å². The van der Waals surface area contributed by atoms with Gasteiger partial charge in [0.25, 0.3) is 11.8 Å². The van der Waals surface area contributed by atoms with E-state index in [0.717, 1.165) is 11.8 Å². The number of hydrogen-bond acceptors (Lipinski definition) is 6. The average Bonchev–Trinajstić information content (AvgIpc) is 3.52. The number of aromatic nitrogens is 4. The maximum atomic E-state index is 14.3. The van der Waals surface area contributed by atoms with Crippen LogP contribution in [0.1, 0.15) is 34.6 Å². The molecule has 0 saturated heterocycles. The van der Waals surface area contributed by atoms with Crippen LogP contribution in [0.3, 0.4) is 0 Å². The monoisotopic (exact) mass is 503 g/mol. The summed E-state index contributed by atoms with van der Waals surface area (Å²) in [6, 6.07) is 16.4. The standard InChI is InChI=1S/C26H19F2N5O4/c1-26(27,28)13-33-22(14-10-11-29-18(12-14)36-15-6-3-2-4-7-15)19-20(31-32-21(19)24(33)34)16-8-5-9-17-23(16)37-25(35)30-17/h2-12,22H,13H2,1H3,(H,30,35)(H,31,32). The van der Waals surface area contributed by atoms with Gasteiger partial charge in [0.05, 0.1) is 18.1 Å². The van der Waals surface area contributed by atoms with Crippen molar-refractivity contribution in [3.63, 3.8) is 0 Å². The minimum atomic E-state index is -3.16. The number of ether oxygens (including phenoxy) is 1. The van der Waals surface area contributed by atoms with Gasteiger partial charge >= 0.3 is 5.76 Å². The van der Waals surface area contributed by atoms with Crippen molar-refractivity contribution < 1.29 is 22.7 Å². The Hall–Kier alpha value is -4.80. The van der Waals surface area contributed by atoms with Gasteiger partial charge in [-0.2, -0.15) is 5.10 Å². The summed E-state index contributed by atoms with van der Waals surface area (Å²) in [5.41, 5.74) is 2.42. The smallest absolute Gasteiger partial charge is 0.417 e. The molecule has 1 aliphatic heterocycles. The molecule has 3 aromatic heterocycles. The van der Waals surface area contributed by atoms with Crippen LogP contribution in [-0.2, 0) is 0 Å². The Morgan fingerprint density at radius 3 is 2.70 bits per heavy atom. The summed E-state index contributed by atoms with van der Waals surface area (Å²) in [6.45, 7) is -0.0615. The lowest BCUT2D eigenvalue weighted by Gasteiger charge is -2.28. The number of aromatic amines is 2. The van der Waals surface area contributed by atoms with Gasteiger partial charge in [0, 0.05) is 30.3 Å². The van der Waals surface area contributed by atoms with E-state index in [9.17, 15) is 18.4 Å². The van der Waals surface area contributed by atoms with E-state index in [4.69, 9.17) is 9.15 Å². The van der Waals surface area contributed by atoms with E-state index < -0.39 is 30.2 Å². The molecule has 2 aromatic carbocycles. The Kier molecular flexibility index (Phi) is 5.14. The number of nitrogens with zero attached hydrogens (tertiary/aromatic N) is 3. The molecule has 37 heavy (non-hydrogen) atoms. The van der Waals surface area contributed by atoms with Gasteiger partial charge in [0.2, 0.25) is 5.88 Å². The number of benzene rings is 2. The summed E-state index contributed by atoms with van der Waals surface area (Å²) < 4.78 is 39.7. The first-order valence-electron chi connectivity index (χ1n) is 11.4. The third kappa shape index (κ3) is 4.03. The molecule has 9 nitrogen and oxygen atoms in total. The Morgan fingerprint density at radius 2 is 1.92 bits per heavy atom. The number of amides is 1. The third-order valence-electron chi connectivity index (χ3n) is 6.05. The summed E-state index contributed by atoms with van der Waals surface area (Å²) in [6.07, 6.45) is 1.49. The molecule has 1 atom stereocenters. The number of halogens is 2. The molecule has 186 valence electrons. The molecular weight excluding hydrogens is 484 g/mol. The Labute approximate surface area is 207 Å². The molecule has 0 bridgehead atoms. The van der Waals surface area contributed by atoms with Crippen LogP contribution in [-0.4, -0.2) is 43.4 Å². The molecule has 5 aromatic rings. The number of rotatable bonds is 6. The first-order valence-corrected chi connectivity index (χ1v) is 11.4. The molecule has 2 N–H and O–H groups in total. The topological polar surface area (TPSA) is 117 Å². The van der Waals surface area contributed by atoms with Crippen LogP contribution in [0, 0.1) is 0 Å². The number of oxazole rings is 1. The molecule has 0 spiro atoms. The Balaban J connectivity index is 1.51. The molecule has 1 amide bonds. The van der Waals surface area contributed by atoms with Crippen molar-refractivity contribution in [1.29, 1.82) is 0 Å². The largest absolute Gasteiger partial charge is 0.439 e. The number of pyridine rings is 1. The third-order valence-corrected chi connectivity index (χ3v) is 6.05. The number of para-hydroxylation sites is 2. The van der Waals surface area contributed by atoms with Gasteiger partial charge in [-0.1, -0.05) is 24.3 Å². The van der Waals surface area contributed by atoms with E-state index in [0.29, 0.717) is 33.7 Å². The van der Waals surface area contributed by atoms with E-state index in [1.165, 1.54) is 6.20 Å². The van der Waals surface area contributed by atoms with E-state index in [-0.39, 0.29) is 17.2 Å². The van der Waals surface area contributed by atoms with Crippen LogP contribution >= 0.6 is 0 Å². The van der Waals surface area contributed by atoms with Crippen molar-refractivity contribution in [2.24, 2.45) is 0 Å². The highest BCUT2D eigenvalue weighted by atomic mass is 19.3. The fourth-order valence-electron chi connectivity index (χ4n) is 4.63. The van der Waals surface area contributed by atoms with Gasteiger partial charge in [0.15, 0.2) is 5.58 Å². The normalized spacial score (nSPS) is 15.4. The Bertz CT molecular complexity index is 1690. The number of hydrogen-bond donors (Lipinski definition) is 2. The molecule has 0 fully saturated rings. The van der Waals surface area contributed by atoms with Crippen molar-refractivity contribution in [2.45, 2.75) is 18.9 Å². The molecule has 0 saturated carbocycles. The van der Waals surface area contributed by atoms with Crippen molar-refractivity contribution in [3.05, 3.63) is 94.2 Å². The second-order valence-electron chi connectivity index (χ2n) is 8.81. The average molecular weight is 503 g/mol. The molecule has 0 aliphatic carbocycles. The minimum absolute atomic E-state index is 0.0847.